The molecule has 3 aromatic heterocycles. The fraction of sp³-hybridized carbons (Fsp3) is 0.348. The molecule has 9 heteroatoms. The second-order valence-corrected chi connectivity index (χ2v) is 8.23. The van der Waals surface area contributed by atoms with Crippen molar-refractivity contribution >= 4 is 33.6 Å². The van der Waals surface area contributed by atoms with Gasteiger partial charge in [0.2, 0.25) is 0 Å². The summed E-state index contributed by atoms with van der Waals surface area (Å²) in [6.07, 6.45) is 2.24. The van der Waals surface area contributed by atoms with E-state index >= 15 is 0 Å². The average Bonchev–Trinajstić information content (AvgIpc) is 3.48. The number of imidazole rings is 1. The number of fused-ring (bicyclic) bond motifs is 3. The number of aryl methyl sites for hydroxylation is 1. The third-order valence-electron chi connectivity index (χ3n) is 6.13. The van der Waals surface area contributed by atoms with Gasteiger partial charge in [-0.2, -0.15) is 0 Å². The molecule has 2 N–H and O–H groups in total. The quantitative estimate of drug-likeness (QED) is 0.472. The molecule has 1 unspecified atom stereocenters. The summed E-state index contributed by atoms with van der Waals surface area (Å²) in [6.45, 7) is 10.2. The maximum absolute atomic E-state index is 14.3. The van der Waals surface area contributed by atoms with E-state index in [0.29, 0.717) is 24.5 Å². The van der Waals surface area contributed by atoms with Crippen LogP contribution in [0.15, 0.2) is 30.6 Å². The van der Waals surface area contributed by atoms with E-state index in [4.69, 9.17) is 11.6 Å². The van der Waals surface area contributed by atoms with E-state index in [9.17, 15) is 9.50 Å². The molecule has 4 heterocycles. The van der Waals surface area contributed by atoms with Crippen LogP contribution >= 0.6 is 0 Å². The Labute approximate surface area is 184 Å². The van der Waals surface area contributed by atoms with Crippen LogP contribution in [0.3, 0.4) is 0 Å². The van der Waals surface area contributed by atoms with Crippen LogP contribution in [0.1, 0.15) is 6.42 Å². The zero-order valence-corrected chi connectivity index (χ0v) is 18.0. The van der Waals surface area contributed by atoms with Crippen molar-refractivity contribution in [2.24, 2.45) is 7.05 Å². The Morgan fingerprint density at radius 2 is 2.12 bits per heavy atom. The van der Waals surface area contributed by atoms with Gasteiger partial charge in [-0.15, -0.1) is 0 Å². The van der Waals surface area contributed by atoms with E-state index < -0.39 is 5.82 Å². The van der Waals surface area contributed by atoms with Crippen LogP contribution in [0.2, 0.25) is 0 Å². The summed E-state index contributed by atoms with van der Waals surface area (Å²) in [4.78, 5) is 15.0. The maximum atomic E-state index is 14.3. The standard InChI is InChI=1S/C23H24FN7O/c1-25-16-9-14(8-15(24)10-16)19-11-18-21-20(27-13-29(21)3)22(26-2)28-23(18)31(19)7-6-30-5-4-17(32)12-30/h8-11,13,17,32H,4-7,12H2,2-3H3,(H,26,28). The topological polar surface area (TPSA) is 75.5 Å². The molecule has 0 radical (unpaired) electrons. The van der Waals surface area contributed by atoms with Crippen molar-refractivity contribution in [3.8, 4) is 11.3 Å². The molecular weight excluding hydrogens is 409 g/mol. The number of aliphatic hydroxyl groups excluding tert-OH is 1. The molecular formula is C23H24FN7O. The zero-order chi connectivity index (χ0) is 22.4. The number of nitrogens with zero attached hydrogens (tertiary/aromatic N) is 6. The van der Waals surface area contributed by atoms with Crippen molar-refractivity contribution in [3.05, 3.63) is 47.8 Å². The number of hydrogen-bond acceptors (Lipinski definition) is 5. The zero-order valence-electron chi connectivity index (χ0n) is 18.0. The van der Waals surface area contributed by atoms with E-state index in [0.717, 1.165) is 47.3 Å². The summed E-state index contributed by atoms with van der Waals surface area (Å²) in [5.74, 6) is 0.235. The summed E-state index contributed by atoms with van der Waals surface area (Å²) in [7, 11) is 3.76. The van der Waals surface area contributed by atoms with Crippen molar-refractivity contribution in [2.45, 2.75) is 19.1 Å². The van der Waals surface area contributed by atoms with Crippen molar-refractivity contribution in [3.63, 3.8) is 0 Å². The minimum Gasteiger partial charge on any atom is -0.392 e. The number of likely N-dealkylation sites (tertiary alicyclic amines) is 1. The third kappa shape index (κ3) is 3.38. The lowest BCUT2D eigenvalue weighted by atomic mass is 10.1. The van der Waals surface area contributed by atoms with Crippen molar-refractivity contribution in [1.29, 1.82) is 0 Å². The molecule has 1 saturated heterocycles. The van der Waals surface area contributed by atoms with E-state index in [-0.39, 0.29) is 11.8 Å². The molecule has 1 aromatic carbocycles. The normalized spacial score (nSPS) is 16.8. The number of halogens is 1. The predicted octanol–water partition coefficient (Wildman–Crippen LogP) is 3.39. The average molecular weight is 433 g/mol. The van der Waals surface area contributed by atoms with Crippen LogP contribution in [-0.2, 0) is 13.6 Å². The molecule has 0 spiro atoms. The minimum absolute atomic E-state index is 0.258. The molecule has 1 aliphatic rings. The van der Waals surface area contributed by atoms with Gasteiger partial charge in [0.25, 0.3) is 0 Å². The summed E-state index contributed by atoms with van der Waals surface area (Å²) in [5.41, 5.74) is 4.18. The first-order chi connectivity index (χ1) is 15.5. The first kappa shape index (κ1) is 20.4. The summed E-state index contributed by atoms with van der Waals surface area (Å²) >= 11 is 0. The molecule has 0 aliphatic carbocycles. The predicted molar refractivity (Wildman–Crippen MR) is 122 cm³/mol. The Balaban J connectivity index is 1.72. The third-order valence-corrected chi connectivity index (χ3v) is 6.13. The lowest BCUT2D eigenvalue weighted by molar-refractivity contribution is 0.175. The summed E-state index contributed by atoms with van der Waals surface area (Å²) < 4.78 is 18.4. The van der Waals surface area contributed by atoms with Gasteiger partial charge in [-0.25, -0.2) is 19.2 Å². The molecule has 4 aromatic rings. The Morgan fingerprint density at radius 1 is 1.28 bits per heavy atom. The van der Waals surface area contributed by atoms with Crippen LogP contribution in [0, 0.1) is 12.4 Å². The molecule has 0 amide bonds. The number of aromatic nitrogens is 4. The first-order valence-electron chi connectivity index (χ1n) is 10.6. The van der Waals surface area contributed by atoms with Crippen molar-refractivity contribution in [1.82, 2.24) is 24.0 Å². The van der Waals surface area contributed by atoms with Gasteiger partial charge >= 0.3 is 0 Å². The van der Waals surface area contributed by atoms with Crippen LogP contribution in [0.25, 0.3) is 38.2 Å². The van der Waals surface area contributed by atoms with Crippen molar-refractivity contribution < 1.29 is 9.50 Å². The molecule has 32 heavy (non-hydrogen) atoms. The lowest BCUT2D eigenvalue weighted by Crippen LogP contribution is -2.26. The highest BCUT2D eigenvalue weighted by molar-refractivity contribution is 6.07. The van der Waals surface area contributed by atoms with Gasteiger partial charge in [-0.3, -0.25) is 4.90 Å². The largest absolute Gasteiger partial charge is 0.392 e. The number of hydrogen-bond donors (Lipinski definition) is 2. The number of pyridine rings is 1. The smallest absolute Gasteiger partial charge is 0.190 e. The van der Waals surface area contributed by atoms with Gasteiger partial charge in [0.15, 0.2) is 11.5 Å². The highest BCUT2D eigenvalue weighted by Gasteiger charge is 2.23. The molecule has 164 valence electrons. The fourth-order valence-corrected chi connectivity index (χ4v) is 4.60. The van der Waals surface area contributed by atoms with E-state index in [2.05, 4.69) is 24.6 Å². The van der Waals surface area contributed by atoms with E-state index in [1.807, 2.05) is 24.7 Å². The van der Waals surface area contributed by atoms with Gasteiger partial charge in [-0.05, 0) is 36.2 Å². The summed E-state index contributed by atoms with van der Waals surface area (Å²) in [5, 5.41) is 14.0. The maximum Gasteiger partial charge on any atom is 0.190 e. The lowest BCUT2D eigenvalue weighted by Gasteiger charge is -2.18. The number of anilines is 1. The first-order valence-corrected chi connectivity index (χ1v) is 10.6. The summed E-state index contributed by atoms with van der Waals surface area (Å²) in [6, 6.07) is 6.41. The highest BCUT2D eigenvalue weighted by Crippen LogP contribution is 2.35. The molecule has 1 fully saturated rings. The molecule has 0 saturated carbocycles. The molecule has 5 rings (SSSR count). The molecule has 1 aliphatic heterocycles. The number of β-amino-alcohol motifs (C(OH)–C–C–N with tert-alkyl or cyclic N) is 1. The SMILES string of the molecule is [C-]#[N+]c1cc(F)cc(-c2cc3c4c(ncn4C)c(NC)nc3n2CCN2CCC(O)C2)c1. The Bertz CT molecular complexity index is 1370. The minimum atomic E-state index is -0.442. The fourth-order valence-electron chi connectivity index (χ4n) is 4.60. The molecule has 0 bridgehead atoms. The van der Waals surface area contributed by atoms with Crippen LogP contribution in [0.4, 0.5) is 15.9 Å². The van der Waals surface area contributed by atoms with Crippen molar-refractivity contribution in [2.75, 3.05) is 32.0 Å². The Morgan fingerprint density at radius 3 is 2.84 bits per heavy atom. The monoisotopic (exact) mass is 433 g/mol. The highest BCUT2D eigenvalue weighted by atomic mass is 19.1. The van der Waals surface area contributed by atoms with Gasteiger partial charge < -0.3 is 19.6 Å². The Kier molecular flexibility index (Phi) is 5.04. The van der Waals surface area contributed by atoms with E-state index in [1.54, 1.807) is 12.4 Å². The second-order valence-electron chi connectivity index (χ2n) is 8.23. The second kappa shape index (κ2) is 7.89. The van der Waals surface area contributed by atoms with Gasteiger partial charge in [0.05, 0.1) is 24.5 Å². The van der Waals surface area contributed by atoms with Crippen LogP contribution < -0.4 is 5.32 Å². The number of rotatable bonds is 5. The van der Waals surface area contributed by atoms with Gasteiger partial charge in [0, 0.05) is 51.4 Å². The van der Waals surface area contributed by atoms with Gasteiger partial charge in [0.1, 0.15) is 17.0 Å². The van der Waals surface area contributed by atoms with Gasteiger partial charge in [-0.1, -0.05) is 0 Å². The molecule has 1 atom stereocenters. The van der Waals surface area contributed by atoms with Crippen LogP contribution in [0.5, 0.6) is 0 Å². The van der Waals surface area contributed by atoms with Crippen LogP contribution in [-0.4, -0.2) is 61.9 Å². The number of benzene rings is 1. The van der Waals surface area contributed by atoms with E-state index in [1.165, 1.54) is 12.1 Å². The number of aliphatic hydroxyl groups is 1. The number of nitrogens with one attached hydrogen (secondary N) is 1. The molecule has 8 nitrogen and oxygen atoms in total. The Hall–Kier alpha value is -3.48.